The number of thiophene rings is 1. The summed E-state index contributed by atoms with van der Waals surface area (Å²) in [5.41, 5.74) is 0.635. The Labute approximate surface area is 218 Å². The number of benzene rings is 3. The molecule has 4 aromatic rings. The van der Waals surface area contributed by atoms with Crippen molar-refractivity contribution >= 4 is 50.4 Å². The third-order valence-corrected chi connectivity index (χ3v) is 8.04. The number of anilines is 2. The highest BCUT2D eigenvalue weighted by molar-refractivity contribution is 7.93. The third-order valence-electron chi connectivity index (χ3n) is 5.38. The number of carbonyl (C=O) groups excluding carboxylic acids is 1. The largest absolute Gasteiger partial charge is 0.379 e. The molecular formula is C27H23N3O5S2. The lowest BCUT2D eigenvalue weighted by Crippen LogP contribution is -2.35. The minimum absolute atomic E-state index is 0.117. The van der Waals surface area contributed by atoms with Gasteiger partial charge in [-0.25, -0.2) is 8.42 Å². The highest BCUT2D eigenvalue weighted by atomic mass is 32.2. The van der Waals surface area contributed by atoms with E-state index in [1.807, 2.05) is 23.6 Å². The van der Waals surface area contributed by atoms with Crippen LogP contribution in [0.4, 0.5) is 17.1 Å². The van der Waals surface area contributed by atoms with Crippen molar-refractivity contribution in [2.75, 3.05) is 16.2 Å². The van der Waals surface area contributed by atoms with Gasteiger partial charge in [0, 0.05) is 23.6 Å². The molecule has 0 fully saturated rings. The Hall–Kier alpha value is -4.28. The van der Waals surface area contributed by atoms with Gasteiger partial charge in [-0.1, -0.05) is 54.6 Å². The highest BCUT2D eigenvalue weighted by Crippen LogP contribution is 2.31. The molecule has 1 amide bonds. The predicted molar refractivity (Wildman–Crippen MR) is 146 cm³/mol. The van der Waals surface area contributed by atoms with Gasteiger partial charge < -0.3 is 5.32 Å². The molecule has 0 unspecified atom stereocenters. The maximum Gasteiger partial charge on any atom is 0.293 e. The molecule has 0 aliphatic rings. The van der Waals surface area contributed by atoms with Gasteiger partial charge in [-0.05, 0) is 53.8 Å². The lowest BCUT2D eigenvalue weighted by molar-refractivity contribution is -0.384. The van der Waals surface area contributed by atoms with Crippen LogP contribution in [0.15, 0.2) is 107 Å². The quantitative estimate of drug-likeness (QED) is 0.158. The molecule has 0 bridgehead atoms. The van der Waals surface area contributed by atoms with Crippen molar-refractivity contribution in [2.24, 2.45) is 0 Å². The van der Waals surface area contributed by atoms with Crippen LogP contribution in [0.2, 0.25) is 0 Å². The molecule has 1 heterocycles. The maximum absolute atomic E-state index is 13.7. The summed E-state index contributed by atoms with van der Waals surface area (Å²) in [4.78, 5) is 25.1. The van der Waals surface area contributed by atoms with Gasteiger partial charge in [-0.15, -0.1) is 11.3 Å². The second-order valence-electron chi connectivity index (χ2n) is 7.88. The van der Waals surface area contributed by atoms with Crippen molar-refractivity contribution in [1.29, 1.82) is 0 Å². The van der Waals surface area contributed by atoms with E-state index in [1.165, 1.54) is 30.3 Å². The summed E-state index contributed by atoms with van der Waals surface area (Å²) < 4.78 is 28.0. The summed E-state index contributed by atoms with van der Waals surface area (Å²) in [6.45, 7) is 0.437. The van der Waals surface area contributed by atoms with E-state index in [4.69, 9.17) is 0 Å². The fourth-order valence-corrected chi connectivity index (χ4v) is 5.72. The number of nitrogens with zero attached hydrogens (tertiary/aromatic N) is 2. The van der Waals surface area contributed by atoms with E-state index in [0.717, 1.165) is 22.6 Å². The number of hydrogen-bond donors (Lipinski definition) is 1. The fraction of sp³-hybridized carbons (Fsp3) is 0.0741. The molecule has 0 spiro atoms. The molecule has 1 N–H and O–H groups in total. The van der Waals surface area contributed by atoms with Crippen LogP contribution in [-0.2, 0) is 21.2 Å². The van der Waals surface area contributed by atoms with Gasteiger partial charge in [0.15, 0.2) is 0 Å². The number of para-hydroxylation sites is 1. The molecule has 1 aromatic heterocycles. The molecule has 0 radical (unpaired) electrons. The molecule has 0 saturated carbocycles. The van der Waals surface area contributed by atoms with Crippen LogP contribution in [0.25, 0.3) is 6.08 Å². The number of hydrogen-bond acceptors (Lipinski definition) is 7. The zero-order valence-corrected chi connectivity index (χ0v) is 21.2. The summed E-state index contributed by atoms with van der Waals surface area (Å²) >= 11 is 1.58. The van der Waals surface area contributed by atoms with Crippen LogP contribution >= 0.6 is 11.3 Å². The molecular weight excluding hydrogens is 510 g/mol. The van der Waals surface area contributed by atoms with Crippen molar-refractivity contribution < 1.29 is 18.1 Å². The second-order valence-corrected chi connectivity index (χ2v) is 10.7. The minimum Gasteiger partial charge on any atom is -0.379 e. The summed E-state index contributed by atoms with van der Waals surface area (Å²) in [6.07, 6.45) is 3.34. The van der Waals surface area contributed by atoms with Crippen LogP contribution in [-0.4, -0.2) is 25.8 Å². The molecule has 3 aromatic carbocycles. The van der Waals surface area contributed by atoms with Gasteiger partial charge in [0.25, 0.3) is 21.6 Å². The van der Waals surface area contributed by atoms with E-state index in [9.17, 15) is 23.3 Å². The van der Waals surface area contributed by atoms with Gasteiger partial charge in [-0.3, -0.25) is 14.9 Å². The van der Waals surface area contributed by atoms with Gasteiger partial charge in [0.05, 0.1) is 15.5 Å². The average molecular weight is 534 g/mol. The maximum atomic E-state index is 13.7. The molecule has 0 atom stereocenters. The van der Waals surface area contributed by atoms with Crippen LogP contribution in [0, 0.1) is 10.1 Å². The lowest BCUT2D eigenvalue weighted by Gasteiger charge is -2.21. The number of nitrogens with one attached hydrogen (secondary N) is 1. The van der Waals surface area contributed by atoms with E-state index in [1.54, 1.807) is 53.8 Å². The Morgan fingerprint density at radius 3 is 2.32 bits per heavy atom. The van der Waals surface area contributed by atoms with Crippen LogP contribution in [0.3, 0.4) is 0 Å². The van der Waals surface area contributed by atoms with Gasteiger partial charge in [0.2, 0.25) is 0 Å². The van der Waals surface area contributed by atoms with Crippen LogP contribution in [0.5, 0.6) is 0 Å². The van der Waals surface area contributed by atoms with Crippen LogP contribution < -0.4 is 9.62 Å². The molecule has 0 saturated heterocycles. The van der Waals surface area contributed by atoms with Crippen molar-refractivity contribution in [1.82, 2.24) is 0 Å². The zero-order valence-electron chi connectivity index (χ0n) is 19.6. The zero-order chi connectivity index (χ0) is 26.3. The normalized spacial score (nSPS) is 11.4. The van der Waals surface area contributed by atoms with Crippen molar-refractivity contribution in [3.63, 3.8) is 0 Å². The topological polar surface area (TPSA) is 110 Å². The SMILES string of the molecule is O=C(C=Cc1ccccc1)N(c1ccccc1)S(=O)(=O)c1ccc(NCCc2cccs2)c([N+](=O)[O-])c1. The Bertz CT molecular complexity index is 1500. The predicted octanol–water partition coefficient (Wildman–Crippen LogP) is 5.75. The van der Waals surface area contributed by atoms with Crippen molar-refractivity contribution in [3.8, 4) is 0 Å². The highest BCUT2D eigenvalue weighted by Gasteiger charge is 2.31. The molecule has 4 rings (SSSR count). The Kier molecular flexibility index (Phi) is 8.11. The van der Waals surface area contributed by atoms with Crippen molar-refractivity contribution in [2.45, 2.75) is 11.3 Å². The first-order valence-electron chi connectivity index (χ1n) is 11.3. The van der Waals surface area contributed by atoms with Gasteiger partial charge >= 0.3 is 0 Å². The second kappa shape index (κ2) is 11.6. The number of carbonyl (C=O) groups is 1. The molecule has 0 aliphatic heterocycles. The summed E-state index contributed by atoms with van der Waals surface area (Å²) in [6, 6.07) is 24.3. The summed E-state index contributed by atoms with van der Waals surface area (Å²) in [5, 5.41) is 16.8. The number of nitro benzene ring substituents is 1. The number of amides is 1. The monoisotopic (exact) mass is 533 g/mol. The summed E-state index contributed by atoms with van der Waals surface area (Å²) in [7, 11) is -4.48. The van der Waals surface area contributed by atoms with E-state index >= 15 is 0 Å². The lowest BCUT2D eigenvalue weighted by atomic mass is 10.2. The minimum atomic E-state index is -4.48. The van der Waals surface area contributed by atoms with Crippen molar-refractivity contribution in [3.05, 3.63) is 123 Å². The molecule has 37 heavy (non-hydrogen) atoms. The Morgan fingerprint density at radius 2 is 1.68 bits per heavy atom. The van der Waals surface area contributed by atoms with E-state index in [-0.39, 0.29) is 16.3 Å². The number of sulfonamides is 1. The first kappa shape index (κ1) is 25.8. The van der Waals surface area contributed by atoms with Gasteiger partial charge in [0.1, 0.15) is 5.69 Å². The molecule has 188 valence electrons. The Balaban J connectivity index is 1.66. The standard InChI is InChI=1S/C27H23N3O5S2/c31-27(16-13-21-8-3-1-4-9-21)29(22-10-5-2-6-11-22)37(34,35)24-14-15-25(26(20-24)30(32)33)28-18-17-23-12-7-19-36-23/h1-16,19-20,28H,17-18H2. The number of nitro groups is 1. The first-order chi connectivity index (χ1) is 17.9. The molecule has 10 heteroatoms. The smallest absolute Gasteiger partial charge is 0.293 e. The first-order valence-corrected chi connectivity index (χ1v) is 13.6. The Morgan fingerprint density at radius 1 is 0.973 bits per heavy atom. The summed E-state index contributed by atoms with van der Waals surface area (Å²) in [5.74, 6) is -0.809. The average Bonchev–Trinajstić information content (AvgIpc) is 3.42. The van der Waals surface area contributed by atoms with Crippen LogP contribution in [0.1, 0.15) is 10.4 Å². The van der Waals surface area contributed by atoms with E-state index < -0.39 is 26.5 Å². The molecule has 8 nitrogen and oxygen atoms in total. The van der Waals surface area contributed by atoms with Gasteiger partial charge in [-0.2, -0.15) is 4.31 Å². The molecule has 0 aliphatic carbocycles. The fourth-order valence-electron chi connectivity index (χ4n) is 3.60. The van der Waals surface area contributed by atoms with E-state index in [2.05, 4.69) is 5.32 Å². The van der Waals surface area contributed by atoms with E-state index in [0.29, 0.717) is 17.3 Å². The third kappa shape index (κ3) is 6.29. The number of rotatable bonds is 10.